The molecule has 168 valence electrons. The monoisotopic (exact) mass is 425 g/mol. The quantitative estimate of drug-likeness (QED) is 0.346. The number of piperidine rings is 1. The van der Waals surface area contributed by atoms with E-state index in [4.69, 9.17) is 15.2 Å². The van der Waals surface area contributed by atoms with Crippen LogP contribution in [0.3, 0.4) is 0 Å². The molecule has 3 heterocycles. The summed E-state index contributed by atoms with van der Waals surface area (Å²) in [6, 6.07) is 4.40. The van der Waals surface area contributed by atoms with Crippen LogP contribution in [0.5, 0.6) is 0 Å². The number of urea groups is 1. The molecule has 3 rings (SSSR count). The van der Waals surface area contributed by atoms with Gasteiger partial charge in [0, 0.05) is 18.9 Å². The Labute approximate surface area is 185 Å². The molecule has 0 aromatic carbocycles. The van der Waals surface area contributed by atoms with Crippen molar-refractivity contribution in [2.24, 2.45) is 0 Å². The molecule has 7 heteroatoms. The number of carbonyl (C=O) groups excluding carboxylic acids is 1. The van der Waals surface area contributed by atoms with Gasteiger partial charge in [0.1, 0.15) is 0 Å². The molecule has 0 unspecified atom stereocenters. The van der Waals surface area contributed by atoms with Crippen LogP contribution in [-0.4, -0.2) is 39.2 Å². The van der Waals surface area contributed by atoms with E-state index < -0.39 is 6.03 Å². The largest absolute Gasteiger partial charge is 0.338 e. The average Bonchev–Trinajstić information content (AvgIpc) is 2.74. The number of hydroxylamine groups is 1. The maximum absolute atomic E-state index is 11.2. The predicted octanol–water partition coefficient (Wildman–Crippen LogP) is 4.45. The van der Waals surface area contributed by atoms with Crippen LogP contribution >= 0.6 is 0 Å². The van der Waals surface area contributed by atoms with Gasteiger partial charge in [-0.25, -0.2) is 10.3 Å². The van der Waals surface area contributed by atoms with Gasteiger partial charge in [0.15, 0.2) is 0 Å². The zero-order chi connectivity index (χ0) is 22.4. The Hall–Kier alpha value is -2.51. The van der Waals surface area contributed by atoms with Gasteiger partial charge in [0.25, 0.3) is 0 Å². The topological polar surface area (TPSA) is 90.4 Å². The first-order chi connectivity index (χ1) is 14.9. The van der Waals surface area contributed by atoms with Crippen LogP contribution < -0.4 is 10.8 Å². The highest BCUT2D eigenvalue weighted by Gasteiger charge is 2.35. The molecule has 2 aromatic heterocycles. The van der Waals surface area contributed by atoms with Crippen molar-refractivity contribution in [2.45, 2.75) is 71.9 Å². The molecule has 0 radical (unpaired) electrons. The van der Waals surface area contributed by atoms with Crippen LogP contribution in [0.4, 0.5) is 4.79 Å². The van der Waals surface area contributed by atoms with Crippen LogP contribution in [0.2, 0.25) is 0 Å². The van der Waals surface area contributed by atoms with Gasteiger partial charge in [0.05, 0.1) is 23.5 Å². The molecule has 0 spiro atoms. The summed E-state index contributed by atoms with van der Waals surface area (Å²) in [7, 11) is 0. The Morgan fingerprint density at radius 1 is 1.00 bits per heavy atom. The second-order valence-electron chi connectivity index (χ2n) is 8.70. The molecule has 0 bridgehead atoms. The van der Waals surface area contributed by atoms with Gasteiger partial charge in [-0.3, -0.25) is 20.1 Å². The summed E-state index contributed by atoms with van der Waals surface area (Å²) in [6.45, 7) is 9.91. The molecule has 2 amide bonds. The van der Waals surface area contributed by atoms with E-state index >= 15 is 0 Å². The molecule has 0 aliphatic carbocycles. The summed E-state index contributed by atoms with van der Waals surface area (Å²) in [6.07, 6.45) is 9.04. The standard InChI is InChI=1S/C24H35N5O2/c1-16-12-18(3)22(26-14-16)20-8-7-9-21(23-19(4)13-17(2)15-27-23)29(20)11-6-5-10-25-24(30)28-31/h12-15,20-21,31H,5-11H2,1-4H3,(H2,25,28,30)/t20-,21+. The van der Waals surface area contributed by atoms with Gasteiger partial charge in [-0.1, -0.05) is 12.1 Å². The van der Waals surface area contributed by atoms with E-state index in [1.807, 2.05) is 12.4 Å². The molecule has 1 fully saturated rings. The number of nitrogens with one attached hydrogen (secondary N) is 2. The Kier molecular flexibility index (Phi) is 7.98. The van der Waals surface area contributed by atoms with Crippen LogP contribution in [0.15, 0.2) is 24.5 Å². The molecule has 1 aliphatic rings. The summed E-state index contributed by atoms with van der Waals surface area (Å²) in [5.41, 5.74) is 8.79. The van der Waals surface area contributed by atoms with Gasteiger partial charge in [0.2, 0.25) is 0 Å². The summed E-state index contributed by atoms with van der Waals surface area (Å²) in [4.78, 5) is 23.4. The minimum atomic E-state index is -0.562. The zero-order valence-electron chi connectivity index (χ0n) is 19.1. The van der Waals surface area contributed by atoms with Gasteiger partial charge in [-0.15, -0.1) is 0 Å². The third-order valence-corrected chi connectivity index (χ3v) is 6.13. The molecule has 7 nitrogen and oxygen atoms in total. The van der Waals surface area contributed by atoms with E-state index in [2.05, 4.69) is 50.0 Å². The van der Waals surface area contributed by atoms with Gasteiger partial charge < -0.3 is 5.32 Å². The number of unbranched alkanes of at least 4 members (excludes halogenated alkanes) is 1. The van der Waals surface area contributed by atoms with Crippen molar-refractivity contribution < 1.29 is 10.0 Å². The molecule has 2 aromatic rings. The van der Waals surface area contributed by atoms with Crippen LogP contribution in [0, 0.1) is 27.7 Å². The number of hydrogen-bond donors (Lipinski definition) is 3. The maximum Gasteiger partial charge on any atom is 0.338 e. The van der Waals surface area contributed by atoms with E-state index in [1.54, 1.807) is 5.48 Å². The van der Waals surface area contributed by atoms with Gasteiger partial charge in [-0.2, -0.15) is 0 Å². The summed E-state index contributed by atoms with van der Waals surface area (Å²) >= 11 is 0. The van der Waals surface area contributed by atoms with E-state index in [1.165, 1.54) is 22.3 Å². The number of amides is 2. The van der Waals surface area contributed by atoms with Crippen molar-refractivity contribution in [3.8, 4) is 0 Å². The highest BCUT2D eigenvalue weighted by Crippen LogP contribution is 2.42. The Bertz CT molecular complexity index is 842. The first-order valence-electron chi connectivity index (χ1n) is 11.2. The first-order valence-corrected chi connectivity index (χ1v) is 11.2. The zero-order valence-corrected chi connectivity index (χ0v) is 19.1. The number of likely N-dealkylation sites (tertiary alicyclic amines) is 1. The number of hydrogen-bond acceptors (Lipinski definition) is 5. The molecular weight excluding hydrogens is 390 g/mol. The summed E-state index contributed by atoms with van der Waals surface area (Å²) in [5.74, 6) is 0. The first kappa shape index (κ1) is 23.2. The minimum Gasteiger partial charge on any atom is -0.336 e. The van der Waals surface area contributed by atoms with Crippen molar-refractivity contribution in [3.05, 3.63) is 58.2 Å². The van der Waals surface area contributed by atoms with E-state index in [-0.39, 0.29) is 12.1 Å². The number of aryl methyl sites for hydroxylation is 4. The Balaban J connectivity index is 1.83. The number of nitrogens with zero attached hydrogens (tertiary/aromatic N) is 3. The number of carbonyl (C=O) groups is 1. The lowest BCUT2D eigenvalue weighted by molar-refractivity contribution is 0.0742. The summed E-state index contributed by atoms with van der Waals surface area (Å²) in [5, 5.41) is 11.3. The predicted molar refractivity (Wildman–Crippen MR) is 121 cm³/mol. The fraction of sp³-hybridized carbons (Fsp3) is 0.542. The van der Waals surface area contributed by atoms with Gasteiger partial charge >= 0.3 is 6.03 Å². The van der Waals surface area contributed by atoms with Crippen molar-refractivity contribution in [1.82, 2.24) is 25.7 Å². The third-order valence-electron chi connectivity index (χ3n) is 6.13. The average molecular weight is 426 g/mol. The molecule has 2 atom stereocenters. The smallest absolute Gasteiger partial charge is 0.336 e. The van der Waals surface area contributed by atoms with Crippen molar-refractivity contribution >= 4 is 6.03 Å². The second kappa shape index (κ2) is 10.7. The molecule has 0 saturated carbocycles. The maximum atomic E-state index is 11.2. The van der Waals surface area contributed by atoms with E-state index in [0.717, 1.165) is 50.0 Å². The third kappa shape index (κ3) is 5.80. The van der Waals surface area contributed by atoms with Crippen molar-refractivity contribution in [3.63, 3.8) is 0 Å². The lowest BCUT2D eigenvalue weighted by Crippen LogP contribution is -2.39. The van der Waals surface area contributed by atoms with Gasteiger partial charge in [-0.05, 0) is 88.6 Å². The normalized spacial score (nSPS) is 19.3. The molecular formula is C24H35N5O2. The van der Waals surface area contributed by atoms with E-state index in [0.29, 0.717) is 6.54 Å². The SMILES string of the molecule is Cc1cnc([C@H]2CCC[C@@H](c3ncc(C)cc3C)N2CCCCNC(=O)NO)c(C)c1. The fourth-order valence-corrected chi connectivity index (χ4v) is 4.76. The lowest BCUT2D eigenvalue weighted by atomic mass is 9.88. The molecule has 3 N–H and O–H groups in total. The second-order valence-corrected chi connectivity index (χ2v) is 8.70. The molecule has 31 heavy (non-hydrogen) atoms. The van der Waals surface area contributed by atoms with Crippen LogP contribution in [-0.2, 0) is 0 Å². The summed E-state index contributed by atoms with van der Waals surface area (Å²) < 4.78 is 0. The van der Waals surface area contributed by atoms with E-state index in [9.17, 15) is 4.79 Å². The molecule has 1 aliphatic heterocycles. The highest BCUT2D eigenvalue weighted by molar-refractivity contribution is 5.72. The highest BCUT2D eigenvalue weighted by atomic mass is 16.5. The number of pyridine rings is 2. The van der Waals surface area contributed by atoms with Crippen LogP contribution in [0.25, 0.3) is 0 Å². The number of aromatic nitrogens is 2. The molecule has 1 saturated heterocycles. The minimum absolute atomic E-state index is 0.260. The van der Waals surface area contributed by atoms with Crippen LogP contribution in [0.1, 0.15) is 77.8 Å². The van der Waals surface area contributed by atoms with Crippen molar-refractivity contribution in [2.75, 3.05) is 13.1 Å². The van der Waals surface area contributed by atoms with Crippen molar-refractivity contribution in [1.29, 1.82) is 0 Å². The lowest BCUT2D eigenvalue weighted by Gasteiger charge is -2.42. The Morgan fingerprint density at radius 2 is 1.55 bits per heavy atom. The fourth-order valence-electron chi connectivity index (χ4n) is 4.76. The Morgan fingerprint density at radius 3 is 2.03 bits per heavy atom. The number of rotatable bonds is 7.